The smallest absolute Gasteiger partial charge is 0.270 e. The summed E-state index contributed by atoms with van der Waals surface area (Å²) in [5, 5.41) is -0.901. The second-order valence-corrected chi connectivity index (χ2v) is 4.78. The Bertz CT molecular complexity index is 448. The third kappa shape index (κ3) is 1.89. The Hall–Kier alpha value is -0.880. The van der Waals surface area contributed by atoms with Gasteiger partial charge in [-0.15, -0.1) is 0 Å². The van der Waals surface area contributed by atoms with Crippen LogP contribution in [0.3, 0.4) is 0 Å². The first-order chi connectivity index (χ1) is 5.84. The largest absolute Gasteiger partial charge is 0.314 e. The molecule has 0 aliphatic carbocycles. The van der Waals surface area contributed by atoms with E-state index in [1.165, 1.54) is 7.05 Å². The molecular weight excluding hydrogens is 216 g/mol. The molecule has 0 aliphatic heterocycles. The first-order valence-corrected chi connectivity index (χ1v) is 5.52. The van der Waals surface area contributed by atoms with E-state index in [1.54, 1.807) is 0 Å². The molecule has 72 valence electrons. The van der Waals surface area contributed by atoms with Gasteiger partial charge in [0, 0.05) is 13.3 Å². The Balaban J connectivity index is 3.39. The van der Waals surface area contributed by atoms with E-state index in [1.807, 2.05) is 0 Å². The lowest BCUT2D eigenvalue weighted by molar-refractivity contribution is 0.107. The number of hydrogen-bond donors (Lipinski definition) is 0. The molecule has 0 unspecified atom stereocenters. The van der Waals surface area contributed by atoms with Crippen LogP contribution in [0.4, 0.5) is 0 Å². The number of halogens is 1. The van der Waals surface area contributed by atoms with Crippen LogP contribution in [0, 0.1) is 0 Å². The minimum atomic E-state index is -3.41. The summed E-state index contributed by atoms with van der Waals surface area (Å²) >= 11 is 5.18. The van der Waals surface area contributed by atoms with Gasteiger partial charge in [-0.3, -0.25) is 4.79 Å². The SMILES string of the molecule is Cn1c(C(=O)Cl)cnc1S(C)(=O)=O. The molecular formula is C6H7ClN2O3S. The van der Waals surface area contributed by atoms with Gasteiger partial charge in [0.1, 0.15) is 5.69 Å². The predicted octanol–water partition coefficient (Wildman–Crippen LogP) is 0.203. The molecule has 0 aromatic carbocycles. The molecule has 0 fully saturated rings. The highest BCUT2D eigenvalue weighted by Gasteiger charge is 2.18. The van der Waals surface area contributed by atoms with Gasteiger partial charge in [0.05, 0.1) is 6.20 Å². The predicted molar refractivity (Wildman–Crippen MR) is 46.5 cm³/mol. The van der Waals surface area contributed by atoms with Crippen LogP contribution >= 0.6 is 11.6 Å². The lowest BCUT2D eigenvalue weighted by Crippen LogP contribution is -2.08. The van der Waals surface area contributed by atoms with Gasteiger partial charge in [-0.2, -0.15) is 0 Å². The van der Waals surface area contributed by atoms with Gasteiger partial charge in [0.15, 0.2) is 0 Å². The van der Waals surface area contributed by atoms with Gasteiger partial charge in [0.25, 0.3) is 5.24 Å². The van der Waals surface area contributed by atoms with Crippen molar-refractivity contribution in [1.29, 1.82) is 0 Å². The summed E-state index contributed by atoms with van der Waals surface area (Å²) in [6.07, 6.45) is 2.14. The van der Waals surface area contributed by atoms with E-state index >= 15 is 0 Å². The number of rotatable bonds is 2. The van der Waals surface area contributed by atoms with Crippen molar-refractivity contribution < 1.29 is 13.2 Å². The van der Waals surface area contributed by atoms with Crippen molar-refractivity contribution in [3.8, 4) is 0 Å². The molecule has 5 nitrogen and oxygen atoms in total. The molecule has 0 aliphatic rings. The molecule has 0 saturated carbocycles. The lowest BCUT2D eigenvalue weighted by atomic mass is 10.5. The number of imidazole rings is 1. The maximum Gasteiger partial charge on any atom is 0.270 e. The quantitative estimate of drug-likeness (QED) is 0.671. The Morgan fingerprint density at radius 3 is 2.38 bits per heavy atom. The summed E-state index contributed by atoms with van der Waals surface area (Å²) in [7, 11) is -1.99. The average Bonchev–Trinajstić information content (AvgIpc) is 2.28. The highest BCUT2D eigenvalue weighted by molar-refractivity contribution is 7.90. The van der Waals surface area contributed by atoms with Crippen molar-refractivity contribution in [2.45, 2.75) is 5.16 Å². The van der Waals surface area contributed by atoms with E-state index < -0.39 is 15.1 Å². The van der Waals surface area contributed by atoms with Crippen molar-refractivity contribution >= 4 is 26.7 Å². The van der Waals surface area contributed by atoms with Crippen LogP contribution in [0.25, 0.3) is 0 Å². The van der Waals surface area contributed by atoms with Gasteiger partial charge >= 0.3 is 0 Å². The first kappa shape index (κ1) is 10.2. The second kappa shape index (κ2) is 3.12. The van der Waals surface area contributed by atoms with Crippen molar-refractivity contribution in [1.82, 2.24) is 9.55 Å². The summed E-state index contributed by atoms with van der Waals surface area (Å²) in [6, 6.07) is 0. The van der Waals surface area contributed by atoms with Crippen LogP contribution in [-0.2, 0) is 16.9 Å². The maximum absolute atomic E-state index is 11.1. The highest BCUT2D eigenvalue weighted by atomic mass is 35.5. The number of aromatic nitrogens is 2. The number of hydrogen-bond acceptors (Lipinski definition) is 4. The molecule has 0 spiro atoms. The zero-order chi connectivity index (χ0) is 10.2. The van der Waals surface area contributed by atoms with Gasteiger partial charge in [-0.05, 0) is 11.6 Å². The van der Waals surface area contributed by atoms with Gasteiger partial charge < -0.3 is 4.57 Å². The molecule has 0 atom stereocenters. The zero-order valence-corrected chi connectivity index (χ0v) is 8.56. The second-order valence-electron chi connectivity index (χ2n) is 2.53. The van der Waals surface area contributed by atoms with E-state index in [0.717, 1.165) is 17.0 Å². The molecule has 0 N–H and O–H groups in total. The summed E-state index contributed by atoms with van der Waals surface area (Å²) < 4.78 is 23.2. The molecule has 1 aromatic rings. The van der Waals surface area contributed by atoms with Crippen LogP contribution in [0.5, 0.6) is 0 Å². The van der Waals surface area contributed by atoms with Gasteiger partial charge in [-0.25, -0.2) is 13.4 Å². The Kier molecular flexibility index (Phi) is 2.44. The Morgan fingerprint density at radius 2 is 2.15 bits per heavy atom. The topological polar surface area (TPSA) is 69.0 Å². The fraction of sp³-hybridized carbons (Fsp3) is 0.333. The minimum Gasteiger partial charge on any atom is -0.314 e. The fourth-order valence-corrected chi connectivity index (χ4v) is 1.94. The molecule has 0 saturated heterocycles. The zero-order valence-electron chi connectivity index (χ0n) is 6.98. The fourth-order valence-electron chi connectivity index (χ4n) is 0.920. The first-order valence-electron chi connectivity index (χ1n) is 3.25. The van der Waals surface area contributed by atoms with Crippen molar-refractivity contribution in [2.24, 2.45) is 7.05 Å². The van der Waals surface area contributed by atoms with Gasteiger partial charge in [0.2, 0.25) is 15.0 Å². The molecule has 7 heteroatoms. The van der Waals surface area contributed by atoms with Crippen LogP contribution in [-0.4, -0.2) is 29.5 Å². The van der Waals surface area contributed by atoms with Crippen molar-refractivity contribution in [3.05, 3.63) is 11.9 Å². The van der Waals surface area contributed by atoms with E-state index in [-0.39, 0.29) is 10.9 Å². The standard InChI is InChI=1S/C6H7ClN2O3S/c1-9-4(5(7)10)3-8-6(9)13(2,11)12/h3H,1-2H3. The monoisotopic (exact) mass is 222 g/mol. The molecule has 1 heterocycles. The minimum absolute atomic E-state index is 0.0575. The third-order valence-electron chi connectivity index (χ3n) is 1.48. The summed E-state index contributed by atoms with van der Waals surface area (Å²) in [6.45, 7) is 0. The maximum atomic E-state index is 11.1. The van der Waals surface area contributed by atoms with E-state index in [2.05, 4.69) is 4.98 Å². The third-order valence-corrected chi connectivity index (χ3v) is 2.71. The van der Waals surface area contributed by atoms with E-state index in [0.29, 0.717) is 0 Å². The van der Waals surface area contributed by atoms with E-state index in [9.17, 15) is 13.2 Å². The van der Waals surface area contributed by atoms with Crippen molar-refractivity contribution in [3.63, 3.8) is 0 Å². The molecule has 0 radical (unpaired) electrons. The number of nitrogens with zero attached hydrogens (tertiary/aromatic N) is 2. The Morgan fingerprint density at radius 1 is 1.62 bits per heavy atom. The van der Waals surface area contributed by atoms with Crippen LogP contribution < -0.4 is 0 Å². The Labute approximate surface area is 80.3 Å². The van der Waals surface area contributed by atoms with E-state index in [4.69, 9.17) is 11.6 Å². The summed E-state index contributed by atoms with van der Waals surface area (Å²) in [4.78, 5) is 14.3. The normalized spacial score (nSPS) is 11.6. The van der Waals surface area contributed by atoms with Gasteiger partial charge in [-0.1, -0.05) is 0 Å². The van der Waals surface area contributed by atoms with Crippen LogP contribution in [0.1, 0.15) is 10.5 Å². The molecule has 1 aromatic heterocycles. The number of carbonyl (C=O) groups is 1. The lowest BCUT2D eigenvalue weighted by Gasteiger charge is -1.99. The van der Waals surface area contributed by atoms with Crippen LogP contribution in [0.15, 0.2) is 11.4 Å². The van der Waals surface area contributed by atoms with Crippen LogP contribution in [0.2, 0.25) is 0 Å². The molecule has 0 bridgehead atoms. The summed E-state index contributed by atoms with van der Waals surface area (Å²) in [5.74, 6) is 0. The summed E-state index contributed by atoms with van der Waals surface area (Å²) in [5.41, 5.74) is 0.0575. The van der Waals surface area contributed by atoms with Crippen molar-refractivity contribution in [2.75, 3.05) is 6.26 Å². The molecule has 13 heavy (non-hydrogen) atoms. The number of sulfone groups is 1. The number of carbonyl (C=O) groups excluding carboxylic acids is 1. The average molecular weight is 223 g/mol. The molecule has 0 amide bonds. The highest BCUT2D eigenvalue weighted by Crippen LogP contribution is 2.10. The molecule has 1 rings (SSSR count).